The van der Waals surface area contributed by atoms with Crippen LogP contribution >= 0.6 is 12.4 Å². The summed E-state index contributed by atoms with van der Waals surface area (Å²) >= 11 is 0. The van der Waals surface area contributed by atoms with Gasteiger partial charge in [-0.1, -0.05) is 42.5 Å². The van der Waals surface area contributed by atoms with E-state index in [9.17, 15) is 18.0 Å². The first-order valence-electron chi connectivity index (χ1n) is 15.4. The fourth-order valence-corrected chi connectivity index (χ4v) is 8.41. The number of amides is 1. The zero-order valence-corrected chi connectivity index (χ0v) is 26.6. The van der Waals surface area contributed by atoms with Crippen LogP contribution in [0.3, 0.4) is 0 Å². The van der Waals surface area contributed by atoms with Crippen molar-refractivity contribution in [2.24, 2.45) is 17.3 Å². The normalized spacial score (nSPS) is 25.5. The molecular formula is C33H44ClN3O5S. The lowest BCUT2D eigenvalue weighted by molar-refractivity contribution is -0.141. The molecule has 2 aromatic rings. The van der Waals surface area contributed by atoms with Crippen LogP contribution in [-0.2, 0) is 30.7 Å². The van der Waals surface area contributed by atoms with Crippen LogP contribution in [0.2, 0.25) is 0 Å². The Bertz CT molecular complexity index is 1370. The summed E-state index contributed by atoms with van der Waals surface area (Å²) in [6, 6.07) is 17.3. The number of benzene rings is 2. The van der Waals surface area contributed by atoms with Crippen molar-refractivity contribution in [3.8, 4) is 0 Å². The summed E-state index contributed by atoms with van der Waals surface area (Å²) in [6.45, 7) is 5.71. The van der Waals surface area contributed by atoms with E-state index in [2.05, 4.69) is 34.5 Å². The van der Waals surface area contributed by atoms with Gasteiger partial charge in [0.2, 0.25) is 5.91 Å². The van der Waals surface area contributed by atoms with Gasteiger partial charge in [-0.05, 0) is 68.5 Å². The molecule has 43 heavy (non-hydrogen) atoms. The molecule has 10 heteroatoms. The van der Waals surface area contributed by atoms with Gasteiger partial charge in [0.1, 0.15) is 0 Å². The largest absolute Gasteiger partial charge is 0.381 e. The minimum Gasteiger partial charge on any atom is -0.381 e. The van der Waals surface area contributed by atoms with Crippen molar-refractivity contribution in [1.82, 2.24) is 15.1 Å². The summed E-state index contributed by atoms with van der Waals surface area (Å²) in [5.41, 5.74) is 1.85. The lowest BCUT2D eigenvalue weighted by atomic mass is 9.73. The molecule has 8 nitrogen and oxygen atoms in total. The minimum absolute atomic E-state index is 0. The molecule has 4 aliphatic heterocycles. The molecule has 4 fully saturated rings. The second-order valence-corrected chi connectivity index (χ2v) is 14.8. The van der Waals surface area contributed by atoms with Crippen molar-refractivity contribution < 1.29 is 22.7 Å². The van der Waals surface area contributed by atoms with Gasteiger partial charge in [0.05, 0.1) is 16.4 Å². The SMILES string of the molecule is CS(=O)(=O)c1ccc(CN2CCC3(CCN(C(C(=O)C4CCOCC4)[C@@H]4CNC[C@@H]4c4ccccc4)CC3)C2=O)cc1.Cl. The summed E-state index contributed by atoms with van der Waals surface area (Å²) in [5.74, 6) is 1.08. The number of ketones is 1. The third-order valence-electron chi connectivity index (χ3n) is 10.3. The van der Waals surface area contributed by atoms with E-state index in [0.717, 1.165) is 63.8 Å². The van der Waals surface area contributed by atoms with Gasteiger partial charge < -0.3 is 15.0 Å². The summed E-state index contributed by atoms with van der Waals surface area (Å²) in [6.07, 6.45) is 5.15. The van der Waals surface area contributed by atoms with Crippen molar-refractivity contribution in [2.75, 3.05) is 52.2 Å². The Kier molecular flexibility index (Phi) is 9.98. The third kappa shape index (κ3) is 6.71. The molecule has 0 bridgehead atoms. The third-order valence-corrected chi connectivity index (χ3v) is 11.4. The van der Waals surface area contributed by atoms with E-state index in [-0.39, 0.29) is 47.5 Å². The molecule has 234 valence electrons. The van der Waals surface area contributed by atoms with Crippen LogP contribution in [0.1, 0.15) is 49.1 Å². The fraction of sp³-hybridized carbons (Fsp3) is 0.576. The highest BCUT2D eigenvalue weighted by atomic mass is 35.5. The Balaban J connectivity index is 0.00000368. The lowest BCUT2D eigenvalue weighted by Gasteiger charge is -2.44. The Labute approximate surface area is 261 Å². The molecule has 1 amide bonds. The molecule has 1 unspecified atom stereocenters. The molecule has 1 spiro atoms. The number of hydrogen-bond acceptors (Lipinski definition) is 7. The number of likely N-dealkylation sites (tertiary alicyclic amines) is 2. The van der Waals surface area contributed by atoms with Gasteiger partial charge in [0.15, 0.2) is 15.6 Å². The molecule has 4 aliphatic rings. The number of nitrogens with one attached hydrogen (secondary N) is 1. The number of carbonyl (C=O) groups is 2. The predicted octanol–water partition coefficient (Wildman–Crippen LogP) is 3.69. The van der Waals surface area contributed by atoms with Gasteiger partial charge in [-0.25, -0.2) is 8.42 Å². The first kappa shape index (κ1) is 32.1. The highest BCUT2D eigenvalue weighted by Crippen LogP contribution is 2.44. The Morgan fingerprint density at radius 2 is 1.63 bits per heavy atom. The zero-order chi connectivity index (χ0) is 29.3. The molecule has 6 rings (SSSR count). The zero-order valence-electron chi connectivity index (χ0n) is 25.0. The number of hydrogen-bond donors (Lipinski definition) is 1. The monoisotopic (exact) mass is 629 g/mol. The summed E-state index contributed by atoms with van der Waals surface area (Å²) in [5, 5.41) is 3.60. The first-order valence-corrected chi connectivity index (χ1v) is 17.3. The van der Waals surface area contributed by atoms with Gasteiger partial charge in [-0.2, -0.15) is 0 Å². The van der Waals surface area contributed by atoms with Gasteiger partial charge in [0, 0.05) is 63.4 Å². The second-order valence-electron chi connectivity index (χ2n) is 12.8. The molecular weight excluding hydrogens is 586 g/mol. The van der Waals surface area contributed by atoms with Crippen LogP contribution in [0.5, 0.6) is 0 Å². The maximum absolute atomic E-state index is 14.2. The number of ether oxygens (including phenoxy) is 1. The van der Waals surface area contributed by atoms with Crippen LogP contribution < -0.4 is 5.32 Å². The van der Waals surface area contributed by atoms with E-state index in [1.807, 2.05) is 23.1 Å². The first-order chi connectivity index (χ1) is 20.2. The average Bonchev–Trinajstić information content (AvgIpc) is 3.60. The van der Waals surface area contributed by atoms with Crippen molar-refractivity contribution in [2.45, 2.75) is 55.5 Å². The van der Waals surface area contributed by atoms with Crippen LogP contribution in [0.4, 0.5) is 0 Å². The molecule has 3 atom stereocenters. The molecule has 4 heterocycles. The van der Waals surface area contributed by atoms with E-state index < -0.39 is 9.84 Å². The minimum atomic E-state index is -3.25. The maximum Gasteiger partial charge on any atom is 0.229 e. The highest BCUT2D eigenvalue weighted by molar-refractivity contribution is 7.90. The quantitative estimate of drug-likeness (QED) is 0.476. The summed E-state index contributed by atoms with van der Waals surface area (Å²) < 4.78 is 29.2. The number of sulfone groups is 1. The number of halogens is 1. The standard InChI is InChI=1S/C33H43N3O5S.ClH/c1-42(39,40)27-9-7-24(8-10-27)23-36-18-15-33(32(36)38)13-16-35(17-14-33)30(31(37)26-11-19-41-20-12-26)29-22-34-21-28(29)25-5-3-2-4-6-25;/h2-10,26,28-30,34H,11-23H2,1H3;1H/t28-,29-,30?;/m1./s1. The van der Waals surface area contributed by atoms with Crippen molar-refractivity contribution in [3.63, 3.8) is 0 Å². The molecule has 0 radical (unpaired) electrons. The summed E-state index contributed by atoms with van der Waals surface area (Å²) in [4.78, 5) is 32.7. The second kappa shape index (κ2) is 13.4. The fourth-order valence-electron chi connectivity index (χ4n) is 7.78. The van der Waals surface area contributed by atoms with Crippen molar-refractivity contribution in [1.29, 1.82) is 0 Å². The van der Waals surface area contributed by atoms with Crippen LogP contribution in [0.25, 0.3) is 0 Å². The van der Waals surface area contributed by atoms with E-state index >= 15 is 0 Å². The Hall–Kier alpha value is -2.30. The number of carbonyl (C=O) groups excluding carboxylic acids is 2. The molecule has 0 aromatic heterocycles. The Morgan fingerprint density at radius 1 is 0.977 bits per heavy atom. The van der Waals surface area contributed by atoms with Crippen molar-refractivity contribution in [3.05, 3.63) is 65.7 Å². The van der Waals surface area contributed by atoms with Gasteiger partial charge in [-0.3, -0.25) is 14.5 Å². The molecule has 0 aliphatic carbocycles. The lowest BCUT2D eigenvalue weighted by Crippen LogP contribution is -2.55. The number of piperidine rings is 1. The van der Waals surface area contributed by atoms with E-state index in [4.69, 9.17) is 4.74 Å². The van der Waals surface area contributed by atoms with E-state index in [1.165, 1.54) is 11.8 Å². The number of rotatable bonds is 8. The van der Waals surface area contributed by atoms with Crippen LogP contribution in [0.15, 0.2) is 59.5 Å². The summed E-state index contributed by atoms with van der Waals surface area (Å²) in [7, 11) is -3.25. The average molecular weight is 630 g/mol. The molecule has 4 saturated heterocycles. The van der Waals surface area contributed by atoms with Gasteiger partial charge >= 0.3 is 0 Å². The van der Waals surface area contributed by atoms with Crippen LogP contribution in [-0.4, -0.2) is 88.1 Å². The Morgan fingerprint density at radius 3 is 2.28 bits per heavy atom. The van der Waals surface area contributed by atoms with Crippen LogP contribution in [0, 0.1) is 17.3 Å². The number of nitrogens with zero attached hydrogens (tertiary/aromatic N) is 2. The smallest absolute Gasteiger partial charge is 0.229 e. The molecule has 2 aromatic carbocycles. The van der Waals surface area contributed by atoms with E-state index in [1.54, 1.807) is 12.1 Å². The molecule has 1 N–H and O–H groups in total. The van der Waals surface area contributed by atoms with E-state index in [0.29, 0.717) is 37.0 Å². The van der Waals surface area contributed by atoms with Gasteiger partial charge in [0.25, 0.3) is 0 Å². The molecule has 0 saturated carbocycles. The van der Waals surface area contributed by atoms with Crippen molar-refractivity contribution >= 4 is 33.9 Å². The maximum atomic E-state index is 14.2. The predicted molar refractivity (Wildman–Crippen MR) is 168 cm³/mol. The topological polar surface area (TPSA) is 96.0 Å². The highest BCUT2D eigenvalue weighted by Gasteiger charge is 2.51. The van der Waals surface area contributed by atoms with Gasteiger partial charge in [-0.15, -0.1) is 12.4 Å². The number of Topliss-reactive ketones (excluding diaryl/α,β-unsaturated/α-hetero) is 1.